The highest BCUT2D eigenvalue weighted by Crippen LogP contribution is 2.27. The van der Waals surface area contributed by atoms with Crippen LogP contribution in [0.2, 0.25) is 0 Å². The molecular weight excluding hydrogens is 292 g/mol. The van der Waals surface area contributed by atoms with E-state index < -0.39 is 0 Å². The number of aromatic nitrogens is 4. The van der Waals surface area contributed by atoms with Crippen LogP contribution in [0.15, 0.2) is 12.5 Å². The van der Waals surface area contributed by atoms with E-state index in [4.69, 9.17) is 4.74 Å². The van der Waals surface area contributed by atoms with Crippen molar-refractivity contribution in [3.05, 3.63) is 12.5 Å². The Hall–Kier alpha value is -1.73. The van der Waals surface area contributed by atoms with E-state index in [0.717, 1.165) is 49.2 Å². The summed E-state index contributed by atoms with van der Waals surface area (Å²) >= 11 is 0. The van der Waals surface area contributed by atoms with Gasteiger partial charge in [-0.1, -0.05) is 0 Å². The van der Waals surface area contributed by atoms with Crippen molar-refractivity contribution in [1.82, 2.24) is 24.6 Å². The quantitative estimate of drug-likeness (QED) is 0.924. The van der Waals surface area contributed by atoms with Crippen LogP contribution in [0.4, 0.5) is 5.82 Å². The average Bonchev–Trinajstić information content (AvgIpc) is 2.99. The molecule has 0 unspecified atom stereocenters. The number of hydrogen-bond donors (Lipinski definition) is 1. The van der Waals surface area contributed by atoms with Crippen LogP contribution in [0.25, 0.3) is 11.0 Å². The maximum atomic E-state index is 5.46. The Labute approximate surface area is 136 Å². The maximum Gasteiger partial charge on any atom is 0.155 e. The summed E-state index contributed by atoms with van der Waals surface area (Å²) < 4.78 is 7.30. The highest BCUT2D eigenvalue weighted by molar-refractivity contribution is 5.84. The molecule has 1 aliphatic carbocycles. The van der Waals surface area contributed by atoms with Crippen molar-refractivity contribution in [3.8, 4) is 0 Å². The first-order valence-corrected chi connectivity index (χ1v) is 8.52. The molecule has 0 bridgehead atoms. The number of fused-ring (bicyclic) bond motifs is 1. The zero-order valence-electron chi connectivity index (χ0n) is 13.6. The summed E-state index contributed by atoms with van der Waals surface area (Å²) in [6, 6.07) is 1.21. The zero-order valence-corrected chi connectivity index (χ0v) is 13.6. The summed E-state index contributed by atoms with van der Waals surface area (Å²) in [5.74, 6) is 0.907. The zero-order chi connectivity index (χ0) is 15.6. The van der Waals surface area contributed by atoms with E-state index in [0.29, 0.717) is 6.04 Å². The van der Waals surface area contributed by atoms with Crippen molar-refractivity contribution in [1.29, 1.82) is 0 Å². The van der Waals surface area contributed by atoms with Gasteiger partial charge in [0.2, 0.25) is 0 Å². The summed E-state index contributed by atoms with van der Waals surface area (Å²) in [4.78, 5) is 11.3. The standard InChI is InChI=1S/C16H24N6O/c1-21-15-14(10-19-21)17-11-18-16(15)20-12-2-4-13(5-3-12)22-6-8-23-9-7-22/h10-13H,2-9H2,1H3,(H,17,18,20). The van der Waals surface area contributed by atoms with Crippen molar-refractivity contribution in [2.24, 2.45) is 7.05 Å². The lowest BCUT2D eigenvalue weighted by molar-refractivity contribution is 0.00791. The van der Waals surface area contributed by atoms with Crippen LogP contribution in [0.5, 0.6) is 0 Å². The van der Waals surface area contributed by atoms with E-state index in [1.54, 1.807) is 12.5 Å². The van der Waals surface area contributed by atoms with E-state index >= 15 is 0 Å². The van der Waals surface area contributed by atoms with Crippen LogP contribution in [0.3, 0.4) is 0 Å². The molecule has 2 aliphatic rings. The predicted molar refractivity (Wildman–Crippen MR) is 88.4 cm³/mol. The molecule has 0 atom stereocenters. The Morgan fingerprint density at radius 1 is 1.13 bits per heavy atom. The molecule has 2 aromatic rings. The van der Waals surface area contributed by atoms with Gasteiger partial charge in [-0.3, -0.25) is 9.58 Å². The van der Waals surface area contributed by atoms with Crippen molar-refractivity contribution in [3.63, 3.8) is 0 Å². The van der Waals surface area contributed by atoms with Gasteiger partial charge in [-0.2, -0.15) is 5.10 Å². The minimum Gasteiger partial charge on any atom is -0.379 e. The number of morpholine rings is 1. The molecular formula is C16H24N6O. The first kappa shape index (κ1) is 14.8. The predicted octanol–water partition coefficient (Wildman–Crippen LogP) is 1.42. The molecule has 0 amide bonds. The van der Waals surface area contributed by atoms with Crippen LogP contribution in [0, 0.1) is 0 Å². The first-order chi connectivity index (χ1) is 11.3. The van der Waals surface area contributed by atoms with E-state index in [1.807, 2.05) is 11.7 Å². The second kappa shape index (κ2) is 6.41. The lowest BCUT2D eigenvalue weighted by atomic mass is 9.90. The number of hydrogen-bond acceptors (Lipinski definition) is 6. The molecule has 2 aromatic heterocycles. The smallest absolute Gasteiger partial charge is 0.155 e. The normalized spacial score (nSPS) is 26.5. The van der Waals surface area contributed by atoms with Crippen LogP contribution in [-0.2, 0) is 11.8 Å². The summed E-state index contributed by atoms with van der Waals surface area (Å²) in [5.41, 5.74) is 1.88. The number of aryl methyl sites for hydroxylation is 1. The van der Waals surface area contributed by atoms with E-state index in [2.05, 4.69) is 25.3 Å². The van der Waals surface area contributed by atoms with E-state index in [-0.39, 0.29) is 0 Å². The molecule has 0 spiro atoms. The molecule has 2 fully saturated rings. The third kappa shape index (κ3) is 3.03. The van der Waals surface area contributed by atoms with E-state index in [9.17, 15) is 0 Å². The topological polar surface area (TPSA) is 68.1 Å². The molecule has 7 heteroatoms. The van der Waals surface area contributed by atoms with Gasteiger partial charge in [-0.25, -0.2) is 9.97 Å². The molecule has 3 heterocycles. The molecule has 23 heavy (non-hydrogen) atoms. The summed E-state index contributed by atoms with van der Waals surface area (Å²) in [5, 5.41) is 7.90. The van der Waals surface area contributed by atoms with E-state index in [1.165, 1.54) is 25.7 Å². The fourth-order valence-corrected chi connectivity index (χ4v) is 3.83. The highest BCUT2D eigenvalue weighted by atomic mass is 16.5. The fraction of sp³-hybridized carbons (Fsp3) is 0.688. The van der Waals surface area contributed by atoms with Gasteiger partial charge < -0.3 is 10.1 Å². The Morgan fingerprint density at radius 2 is 1.91 bits per heavy atom. The number of anilines is 1. The number of ether oxygens (including phenoxy) is 1. The van der Waals surface area contributed by atoms with Gasteiger partial charge in [0.05, 0.1) is 19.4 Å². The lowest BCUT2D eigenvalue weighted by Gasteiger charge is -2.39. The third-order valence-corrected chi connectivity index (χ3v) is 5.13. The van der Waals surface area contributed by atoms with Gasteiger partial charge in [0.25, 0.3) is 0 Å². The van der Waals surface area contributed by atoms with Gasteiger partial charge in [-0.05, 0) is 25.7 Å². The first-order valence-electron chi connectivity index (χ1n) is 8.52. The van der Waals surface area contributed by atoms with Crippen LogP contribution >= 0.6 is 0 Å². The highest BCUT2D eigenvalue weighted by Gasteiger charge is 2.27. The molecule has 1 saturated carbocycles. The van der Waals surface area contributed by atoms with Gasteiger partial charge >= 0.3 is 0 Å². The molecule has 1 saturated heterocycles. The molecule has 7 nitrogen and oxygen atoms in total. The molecule has 0 aromatic carbocycles. The molecule has 1 N–H and O–H groups in total. The molecule has 4 rings (SSSR count). The lowest BCUT2D eigenvalue weighted by Crippen LogP contribution is -2.46. The maximum absolute atomic E-state index is 5.46. The van der Waals surface area contributed by atoms with Crippen molar-refractivity contribution in [2.75, 3.05) is 31.6 Å². The summed E-state index contributed by atoms with van der Waals surface area (Å²) in [6.07, 6.45) is 8.27. The SMILES string of the molecule is Cn1ncc2ncnc(NC3CCC(N4CCOCC4)CC3)c21. The van der Waals surface area contributed by atoms with Gasteiger partial charge in [-0.15, -0.1) is 0 Å². The molecule has 1 aliphatic heterocycles. The molecule has 0 radical (unpaired) electrons. The van der Waals surface area contributed by atoms with Crippen molar-refractivity contribution >= 4 is 16.9 Å². The Bertz CT molecular complexity index is 658. The minimum atomic E-state index is 0.486. The minimum absolute atomic E-state index is 0.486. The second-order valence-electron chi connectivity index (χ2n) is 6.52. The number of rotatable bonds is 3. The monoisotopic (exact) mass is 316 g/mol. The summed E-state index contributed by atoms with van der Waals surface area (Å²) in [7, 11) is 1.94. The number of nitrogens with zero attached hydrogens (tertiary/aromatic N) is 5. The van der Waals surface area contributed by atoms with Crippen LogP contribution in [-0.4, -0.2) is 63.0 Å². The largest absolute Gasteiger partial charge is 0.379 e. The average molecular weight is 316 g/mol. The second-order valence-corrected chi connectivity index (χ2v) is 6.52. The number of nitrogens with one attached hydrogen (secondary N) is 1. The Kier molecular flexibility index (Phi) is 4.13. The summed E-state index contributed by atoms with van der Waals surface area (Å²) in [6.45, 7) is 3.95. The van der Waals surface area contributed by atoms with Crippen molar-refractivity contribution in [2.45, 2.75) is 37.8 Å². The fourth-order valence-electron chi connectivity index (χ4n) is 3.83. The van der Waals surface area contributed by atoms with Crippen molar-refractivity contribution < 1.29 is 4.74 Å². The van der Waals surface area contributed by atoms with Gasteiger partial charge in [0.15, 0.2) is 5.82 Å². The third-order valence-electron chi connectivity index (χ3n) is 5.13. The Balaban J connectivity index is 1.40. The van der Waals surface area contributed by atoms with Crippen LogP contribution < -0.4 is 5.32 Å². The van der Waals surface area contributed by atoms with Gasteiger partial charge in [0, 0.05) is 32.2 Å². The Morgan fingerprint density at radius 3 is 2.70 bits per heavy atom. The van der Waals surface area contributed by atoms with Gasteiger partial charge in [0.1, 0.15) is 17.4 Å². The van der Waals surface area contributed by atoms with Crippen LogP contribution in [0.1, 0.15) is 25.7 Å². The molecule has 124 valence electrons.